The van der Waals surface area contributed by atoms with Crippen molar-refractivity contribution >= 4 is 27.3 Å². The maximum Gasteiger partial charge on any atom is 0.232 e. The second-order valence-electron chi connectivity index (χ2n) is 8.14. The third-order valence-corrected chi connectivity index (χ3v) is 4.62. The first-order valence-electron chi connectivity index (χ1n) is 9.80. The highest BCUT2D eigenvalue weighted by Crippen LogP contribution is 2.28. The predicted octanol–water partition coefficient (Wildman–Crippen LogP) is 5.25. The number of halogens is 1. The summed E-state index contributed by atoms with van der Waals surface area (Å²) in [6, 6.07) is 1.97. The van der Waals surface area contributed by atoms with E-state index in [2.05, 4.69) is 63.6 Å². The van der Waals surface area contributed by atoms with Crippen molar-refractivity contribution in [2.24, 2.45) is 0 Å². The van der Waals surface area contributed by atoms with E-state index >= 15 is 0 Å². The van der Waals surface area contributed by atoms with E-state index in [9.17, 15) is 0 Å². The van der Waals surface area contributed by atoms with Gasteiger partial charge in [-0.25, -0.2) is 19.9 Å². The monoisotopic (exact) mass is 461 g/mol. The summed E-state index contributed by atoms with van der Waals surface area (Å²) < 4.78 is 0.624. The third kappa shape index (κ3) is 6.36. The molecule has 2 aromatic rings. The summed E-state index contributed by atoms with van der Waals surface area (Å²) in [5, 5.41) is 8.83. The van der Waals surface area contributed by atoms with E-state index < -0.39 is 0 Å². The van der Waals surface area contributed by atoms with Gasteiger partial charge in [0.15, 0.2) is 4.73 Å². The molecule has 0 aliphatic rings. The summed E-state index contributed by atoms with van der Waals surface area (Å²) in [4.78, 5) is 16.9. The van der Waals surface area contributed by atoms with Gasteiger partial charge in [-0.3, -0.25) is 0 Å². The Labute approximate surface area is 182 Å². The van der Waals surface area contributed by atoms with Crippen LogP contribution in [0.5, 0.6) is 0 Å². The van der Waals surface area contributed by atoms with Crippen molar-refractivity contribution in [2.45, 2.75) is 79.1 Å². The average molecular weight is 462 g/mol. The topological polar surface area (TPSA) is 127 Å². The van der Waals surface area contributed by atoms with Gasteiger partial charge in [-0.15, -0.1) is 0 Å². The Morgan fingerprint density at radius 1 is 0.655 bits per heavy atom. The van der Waals surface area contributed by atoms with Crippen LogP contribution in [0.4, 0.5) is 11.4 Å². The number of rotatable bonds is 4. The lowest BCUT2D eigenvalue weighted by molar-refractivity contribution is 0.765. The van der Waals surface area contributed by atoms with Crippen LogP contribution in [-0.4, -0.2) is 19.9 Å². The fraction of sp³-hybridized carbons (Fsp3) is 0.571. The number of anilines is 2. The summed E-state index contributed by atoms with van der Waals surface area (Å²) in [5.41, 5.74) is 16.7. The molecule has 0 bridgehead atoms. The molecule has 0 atom stereocenters. The highest BCUT2D eigenvalue weighted by molar-refractivity contribution is 9.10. The van der Waals surface area contributed by atoms with Gasteiger partial charge < -0.3 is 11.5 Å². The molecule has 29 heavy (non-hydrogen) atoms. The van der Waals surface area contributed by atoms with Crippen molar-refractivity contribution < 1.29 is 0 Å². The van der Waals surface area contributed by atoms with Crippen molar-refractivity contribution in [2.75, 3.05) is 11.5 Å². The quantitative estimate of drug-likeness (QED) is 0.594. The standard InChI is InChI=1S/C11H16N4.C10H16BrN3/c1-6(2)10-9(13)11(7(3)4)15-8(5-12)14-10;1-5(2)8-7(12)9(6(3)4)14-10(11)13-8/h6-7H,13H2,1-4H3;5-6H,12H2,1-4H3. The van der Waals surface area contributed by atoms with E-state index in [4.69, 9.17) is 16.7 Å². The summed E-state index contributed by atoms with van der Waals surface area (Å²) in [7, 11) is 0. The Kier molecular flexibility index (Phi) is 8.96. The number of hydrogen-bond acceptors (Lipinski definition) is 7. The number of nitrogens with zero attached hydrogens (tertiary/aromatic N) is 5. The Balaban J connectivity index is 0.000000291. The maximum absolute atomic E-state index is 8.83. The van der Waals surface area contributed by atoms with Gasteiger partial charge in [-0.2, -0.15) is 5.26 Å². The van der Waals surface area contributed by atoms with Crippen molar-refractivity contribution in [3.63, 3.8) is 0 Å². The molecule has 0 spiro atoms. The van der Waals surface area contributed by atoms with Crippen molar-refractivity contribution in [1.29, 1.82) is 5.26 Å². The first-order valence-corrected chi connectivity index (χ1v) is 10.6. The molecule has 0 aliphatic carbocycles. The molecule has 0 saturated heterocycles. The van der Waals surface area contributed by atoms with Crippen LogP contribution >= 0.6 is 15.9 Å². The second kappa shape index (κ2) is 10.5. The fourth-order valence-corrected chi connectivity index (χ4v) is 3.17. The molecule has 0 unspecified atom stereocenters. The molecule has 2 heterocycles. The number of aromatic nitrogens is 4. The van der Waals surface area contributed by atoms with E-state index in [0.717, 1.165) is 28.5 Å². The molecular formula is C21H32BrN7. The van der Waals surface area contributed by atoms with Crippen LogP contribution in [0.3, 0.4) is 0 Å². The summed E-state index contributed by atoms with van der Waals surface area (Å²) in [5.74, 6) is 1.27. The molecule has 7 nitrogen and oxygen atoms in total. The van der Waals surface area contributed by atoms with Crippen LogP contribution in [0.2, 0.25) is 0 Å². The number of nitrogens with two attached hydrogens (primary N) is 2. The number of nitrogen functional groups attached to an aromatic ring is 2. The Morgan fingerprint density at radius 3 is 1.17 bits per heavy atom. The summed E-state index contributed by atoms with van der Waals surface area (Å²) >= 11 is 3.31. The SMILES string of the molecule is CC(C)c1nc(Br)nc(C(C)C)c1N.CC(C)c1nc(C#N)nc(C(C)C)c1N. The first kappa shape index (κ1) is 24.8. The first-order chi connectivity index (χ1) is 13.4. The van der Waals surface area contributed by atoms with Crippen molar-refractivity contribution in [3.8, 4) is 6.07 Å². The molecule has 0 amide bonds. The average Bonchev–Trinajstić information content (AvgIpc) is 2.63. The molecule has 0 radical (unpaired) electrons. The Bertz CT molecular complexity index is 825. The second-order valence-corrected chi connectivity index (χ2v) is 8.85. The molecule has 0 saturated carbocycles. The van der Waals surface area contributed by atoms with Crippen LogP contribution in [0.25, 0.3) is 0 Å². The zero-order chi connectivity index (χ0) is 22.5. The Morgan fingerprint density at radius 2 is 0.931 bits per heavy atom. The summed E-state index contributed by atoms with van der Waals surface area (Å²) in [6.07, 6.45) is 0. The van der Waals surface area contributed by atoms with Gasteiger partial charge in [0.05, 0.1) is 34.2 Å². The molecule has 158 valence electrons. The van der Waals surface area contributed by atoms with Crippen molar-refractivity contribution in [3.05, 3.63) is 33.3 Å². The van der Waals surface area contributed by atoms with Gasteiger partial charge >= 0.3 is 0 Å². The molecule has 8 heteroatoms. The van der Waals surface area contributed by atoms with E-state index in [1.807, 2.05) is 33.8 Å². The molecule has 2 rings (SSSR count). The third-order valence-electron chi connectivity index (χ3n) is 4.27. The van der Waals surface area contributed by atoms with Gasteiger partial charge in [-0.05, 0) is 39.6 Å². The van der Waals surface area contributed by atoms with E-state index in [1.165, 1.54) is 0 Å². The number of hydrogen-bond donors (Lipinski definition) is 2. The molecule has 0 aliphatic heterocycles. The van der Waals surface area contributed by atoms with Crippen LogP contribution in [-0.2, 0) is 0 Å². The lowest BCUT2D eigenvalue weighted by Crippen LogP contribution is -2.10. The van der Waals surface area contributed by atoms with Crippen LogP contribution in [0.15, 0.2) is 4.73 Å². The molecule has 0 aromatic carbocycles. The minimum atomic E-state index is 0.205. The zero-order valence-electron chi connectivity index (χ0n) is 18.6. The predicted molar refractivity (Wildman–Crippen MR) is 122 cm³/mol. The normalized spacial score (nSPS) is 11.0. The fourth-order valence-electron chi connectivity index (χ4n) is 2.79. The minimum absolute atomic E-state index is 0.205. The van der Waals surface area contributed by atoms with Crippen LogP contribution in [0, 0.1) is 11.3 Å². The van der Waals surface area contributed by atoms with Gasteiger partial charge in [-0.1, -0.05) is 55.4 Å². The largest absolute Gasteiger partial charge is 0.396 e. The van der Waals surface area contributed by atoms with Gasteiger partial charge in [0, 0.05) is 0 Å². The summed E-state index contributed by atoms with van der Waals surface area (Å²) in [6.45, 7) is 16.3. The minimum Gasteiger partial charge on any atom is -0.396 e. The number of nitriles is 1. The smallest absolute Gasteiger partial charge is 0.232 e. The van der Waals surface area contributed by atoms with E-state index in [1.54, 1.807) is 0 Å². The van der Waals surface area contributed by atoms with Crippen LogP contribution in [0.1, 0.15) is 108 Å². The lowest BCUT2D eigenvalue weighted by Gasteiger charge is -2.14. The van der Waals surface area contributed by atoms with Crippen molar-refractivity contribution in [1.82, 2.24) is 19.9 Å². The van der Waals surface area contributed by atoms with Crippen LogP contribution < -0.4 is 11.5 Å². The van der Waals surface area contributed by atoms with E-state index in [0.29, 0.717) is 22.3 Å². The Hall–Kier alpha value is -2.27. The van der Waals surface area contributed by atoms with E-state index in [-0.39, 0.29) is 17.7 Å². The lowest BCUT2D eigenvalue weighted by atomic mass is 10.0. The highest BCUT2D eigenvalue weighted by Gasteiger charge is 2.16. The molecule has 4 N–H and O–H groups in total. The van der Waals surface area contributed by atoms with Gasteiger partial charge in [0.1, 0.15) is 6.07 Å². The zero-order valence-corrected chi connectivity index (χ0v) is 20.2. The molecular weight excluding hydrogens is 430 g/mol. The maximum atomic E-state index is 8.83. The highest BCUT2D eigenvalue weighted by atomic mass is 79.9. The molecule has 0 fully saturated rings. The van der Waals surface area contributed by atoms with Gasteiger partial charge in [0.2, 0.25) is 5.82 Å². The van der Waals surface area contributed by atoms with Gasteiger partial charge in [0.25, 0.3) is 0 Å². The molecule has 2 aromatic heterocycles.